The van der Waals surface area contributed by atoms with Gasteiger partial charge < -0.3 is 19.3 Å². The van der Waals surface area contributed by atoms with Crippen molar-refractivity contribution >= 4 is 0 Å². The van der Waals surface area contributed by atoms with Crippen molar-refractivity contribution in [1.29, 1.82) is 0 Å². The summed E-state index contributed by atoms with van der Waals surface area (Å²) in [6, 6.07) is 12.2. The van der Waals surface area contributed by atoms with Gasteiger partial charge in [-0.1, -0.05) is 18.2 Å². The van der Waals surface area contributed by atoms with Crippen molar-refractivity contribution in [1.82, 2.24) is 4.90 Å². The average molecular weight is 361 g/mol. The van der Waals surface area contributed by atoms with Crippen LogP contribution in [0.1, 0.15) is 24.1 Å². The normalized spacial score (nSPS) is 15.3. The molecule has 0 saturated heterocycles. The zero-order chi connectivity index (χ0) is 18.5. The third-order valence-corrected chi connectivity index (χ3v) is 4.53. The second-order valence-electron chi connectivity index (χ2n) is 6.52. The maximum absolute atomic E-state index is 13.0. The van der Waals surface area contributed by atoms with Crippen LogP contribution < -0.4 is 9.47 Å². The molecular formula is C20H24FNO4. The first-order valence-electron chi connectivity index (χ1n) is 8.63. The van der Waals surface area contributed by atoms with Crippen molar-refractivity contribution in [3.63, 3.8) is 0 Å². The first kappa shape index (κ1) is 18.6. The van der Waals surface area contributed by atoms with E-state index in [0.717, 1.165) is 22.6 Å². The Morgan fingerprint density at radius 2 is 1.88 bits per heavy atom. The van der Waals surface area contributed by atoms with E-state index in [2.05, 4.69) is 0 Å². The lowest BCUT2D eigenvalue weighted by atomic mass is 10.1. The Bertz CT molecular complexity index is 722. The molecule has 0 fully saturated rings. The molecule has 1 aliphatic heterocycles. The van der Waals surface area contributed by atoms with Crippen molar-refractivity contribution in [3.05, 3.63) is 59.4 Å². The van der Waals surface area contributed by atoms with E-state index in [9.17, 15) is 9.50 Å². The van der Waals surface area contributed by atoms with Gasteiger partial charge in [-0.25, -0.2) is 4.39 Å². The number of aliphatic hydroxyl groups excluding tert-OH is 1. The van der Waals surface area contributed by atoms with E-state index in [4.69, 9.17) is 14.2 Å². The number of hydrogen-bond acceptors (Lipinski definition) is 5. The van der Waals surface area contributed by atoms with Gasteiger partial charge in [-0.2, -0.15) is 0 Å². The predicted molar refractivity (Wildman–Crippen MR) is 95.7 cm³/mol. The molecule has 26 heavy (non-hydrogen) atoms. The summed E-state index contributed by atoms with van der Waals surface area (Å²) in [6.07, 6.45) is -0.614. The van der Waals surface area contributed by atoms with Gasteiger partial charge in [0.2, 0.25) is 6.79 Å². The number of likely N-dealkylation sites (N-methyl/N-ethyl adjacent to an activating group) is 1. The fraction of sp³-hybridized carbons (Fsp3) is 0.400. The van der Waals surface area contributed by atoms with Crippen molar-refractivity contribution in [2.45, 2.75) is 25.7 Å². The van der Waals surface area contributed by atoms with Crippen LogP contribution in [0, 0.1) is 5.82 Å². The standard InChI is InChI=1S/C20H24FNO4/c1-14(16-4-6-17(21)7-5-16)22(2)10-18(23)12-24-11-15-3-8-19-20(9-15)26-13-25-19/h3-9,14,18,23H,10-13H2,1-2H3/t14-,18-/m1/s1. The summed E-state index contributed by atoms with van der Waals surface area (Å²) >= 11 is 0. The third-order valence-electron chi connectivity index (χ3n) is 4.53. The smallest absolute Gasteiger partial charge is 0.231 e. The lowest BCUT2D eigenvalue weighted by molar-refractivity contribution is 0.00850. The number of nitrogens with zero attached hydrogens (tertiary/aromatic N) is 1. The van der Waals surface area contributed by atoms with Crippen molar-refractivity contribution < 1.29 is 23.7 Å². The summed E-state index contributed by atoms with van der Waals surface area (Å²) < 4.78 is 29.3. The van der Waals surface area contributed by atoms with Crippen LogP contribution in [0.25, 0.3) is 0 Å². The van der Waals surface area contributed by atoms with Crippen molar-refractivity contribution in [3.8, 4) is 11.5 Å². The number of rotatable bonds is 8. The first-order chi connectivity index (χ1) is 12.5. The Balaban J connectivity index is 1.43. The molecule has 1 aliphatic rings. The minimum atomic E-state index is -0.614. The highest BCUT2D eigenvalue weighted by Gasteiger charge is 2.16. The number of benzene rings is 2. The van der Waals surface area contributed by atoms with Gasteiger partial charge in [-0.3, -0.25) is 4.90 Å². The van der Waals surface area contributed by atoms with Crippen LogP contribution in [0.15, 0.2) is 42.5 Å². The number of hydrogen-bond donors (Lipinski definition) is 1. The lowest BCUT2D eigenvalue weighted by Crippen LogP contribution is -2.34. The molecule has 0 spiro atoms. The highest BCUT2D eigenvalue weighted by atomic mass is 19.1. The summed E-state index contributed by atoms with van der Waals surface area (Å²) in [4.78, 5) is 2.02. The molecule has 5 nitrogen and oxygen atoms in total. The van der Waals surface area contributed by atoms with Gasteiger partial charge in [-0.05, 0) is 49.4 Å². The number of aliphatic hydroxyl groups is 1. The Labute approximate surface area is 152 Å². The van der Waals surface area contributed by atoms with Gasteiger partial charge in [0.15, 0.2) is 11.5 Å². The summed E-state index contributed by atoms with van der Waals surface area (Å²) in [5, 5.41) is 10.2. The van der Waals surface area contributed by atoms with Gasteiger partial charge in [0.1, 0.15) is 5.82 Å². The van der Waals surface area contributed by atoms with E-state index in [0.29, 0.717) is 13.2 Å². The molecule has 2 atom stereocenters. The van der Waals surface area contributed by atoms with Gasteiger partial charge in [0.25, 0.3) is 0 Å². The fourth-order valence-corrected chi connectivity index (χ4v) is 2.88. The molecule has 0 bridgehead atoms. The first-order valence-corrected chi connectivity index (χ1v) is 8.63. The summed E-state index contributed by atoms with van der Waals surface area (Å²) in [7, 11) is 1.93. The Morgan fingerprint density at radius 1 is 1.15 bits per heavy atom. The molecule has 140 valence electrons. The summed E-state index contributed by atoms with van der Waals surface area (Å²) in [5.41, 5.74) is 1.97. The van der Waals surface area contributed by atoms with Gasteiger partial charge in [0.05, 0.1) is 19.3 Å². The van der Waals surface area contributed by atoms with Crippen LogP contribution in [0.4, 0.5) is 4.39 Å². The molecule has 0 aliphatic carbocycles. The number of halogens is 1. The van der Waals surface area contributed by atoms with E-state index < -0.39 is 6.10 Å². The fourth-order valence-electron chi connectivity index (χ4n) is 2.88. The van der Waals surface area contributed by atoms with Crippen LogP contribution in [-0.2, 0) is 11.3 Å². The Kier molecular flexibility index (Phi) is 6.08. The molecule has 0 amide bonds. The maximum Gasteiger partial charge on any atom is 0.231 e. The average Bonchev–Trinajstić information content (AvgIpc) is 3.09. The molecule has 0 saturated carbocycles. The van der Waals surface area contributed by atoms with Gasteiger partial charge in [-0.15, -0.1) is 0 Å². The SMILES string of the molecule is C[C@H](c1ccc(F)cc1)N(C)C[C@@H](O)COCc1ccc2c(c1)OCO2. The van der Waals surface area contributed by atoms with Crippen LogP contribution in [0.2, 0.25) is 0 Å². The minimum absolute atomic E-state index is 0.0686. The molecule has 0 aromatic heterocycles. The Morgan fingerprint density at radius 3 is 2.65 bits per heavy atom. The van der Waals surface area contributed by atoms with E-state index in [1.165, 1.54) is 12.1 Å². The van der Waals surface area contributed by atoms with E-state index in [-0.39, 0.29) is 25.3 Å². The second kappa shape index (κ2) is 8.49. The van der Waals surface area contributed by atoms with Crippen molar-refractivity contribution in [2.75, 3.05) is 27.0 Å². The van der Waals surface area contributed by atoms with E-state index >= 15 is 0 Å². The highest BCUT2D eigenvalue weighted by molar-refractivity contribution is 5.44. The summed E-state index contributed by atoms with van der Waals surface area (Å²) in [5.74, 6) is 1.21. The zero-order valence-corrected chi connectivity index (χ0v) is 15.0. The number of fused-ring (bicyclic) bond motifs is 1. The van der Waals surface area contributed by atoms with Crippen LogP contribution in [0.5, 0.6) is 11.5 Å². The monoisotopic (exact) mass is 361 g/mol. The summed E-state index contributed by atoms with van der Waals surface area (Å²) in [6.45, 7) is 3.35. The maximum atomic E-state index is 13.0. The topological polar surface area (TPSA) is 51.2 Å². The molecule has 6 heteroatoms. The highest BCUT2D eigenvalue weighted by Crippen LogP contribution is 2.32. The predicted octanol–water partition coefficient (Wildman–Crippen LogP) is 3.12. The minimum Gasteiger partial charge on any atom is -0.454 e. The quantitative estimate of drug-likeness (QED) is 0.783. The van der Waals surface area contributed by atoms with Crippen LogP contribution >= 0.6 is 0 Å². The number of ether oxygens (including phenoxy) is 3. The third kappa shape index (κ3) is 4.72. The Hall–Kier alpha value is -2.15. The van der Waals surface area contributed by atoms with Gasteiger partial charge in [0, 0.05) is 12.6 Å². The van der Waals surface area contributed by atoms with Gasteiger partial charge >= 0.3 is 0 Å². The molecule has 1 N–H and O–H groups in total. The molecule has 2 aromatic rings. The molecular weight excluding hydrogens is 337 g/mol. The molecule has 2 aromatic carbocycles. The second-order valence-corrected chi connectivity index (χ2v) is 6.52. The van der Waals surface area contributed by atoms with Crippen LogP contribution in [0.3, 0.4) is 0 Å². The molecule has 1 heterocycles. The largest absolute Gasteiger partial charge is 0.454 e. The van der Waals surface area contributed by atoms with Crippen LogP contribution in [-0.4, -0.2) is 43.1 Å². The van der Waals surface area contributed by atoms with E-state index in [1.54, 1.807) is 12.1 Å². The molecule has 0 radical (unpaired) electrons. The van der Waals surface area contributed by atoms with Crippen molar-refractivity contribution in [2.24, 2.45) is 0 Å². The zero-order valence-electron chi connectivity index (χ0n) is 15.0. The molecule has 0 unspecified atom stereocenters. The van der Waals surface area contributed by atoms with E-state index in [1.807, 2.05) is 37.1 Å². The molecule has 3 rings (SSSR count). The lowest BCUT2D eigenvalue weighted by Gasteiger charge is -2.27.